The van der Waals surface area contributed by atoms with Gasteiger partial charge in [0, 0.05) is 10.5 Å². The van der Waals surface area contributed by atoms with E-state index in [2.05, 4.69) is 31.9 Å². The minimum Gasteiger partial charge on any atom is -0.497 e. The third-order valence-electron chi connectivity index (χ3n) is 2.57. The van der Waals surface area contributed by atoms with Crippen LogP contribution in [0, 0.1) is 0 Å². The molecule has 0 saturated heterocycles. The van der Waals surface area contributed by atoms with Crippen LogP contribution in [0.3, 0.4) is 0 Å². The van der Waals surface area contributed by atoms with E-state index in [4.69, 9.17) is 27.4 Å². The highest BCUT2D eigenvalue weighted by Gasteiger charge is 2.11. The Morgan fingerprint density at radius 2 is 1.85 bits per heavy atom. The van der Waals surface area contributed by atoms with Crippen LogP contribution in [-0.2, 0) is 0 Å². The van der Waals surface area contributed by atoms with Crippen molar-refractivity contribution in [3.8, 4) is 17.2 Å². The second kappa shape index (κ2) is 6.56. The molecule has 0 saturated carbocycles. The molecule has 0 fully saturated rings. The van der Waals surface area contributed by atoms with Crippen LogP contribution in [0.25, 0.3) is 0 Å². The number of hydrogen-bond acceptors (Lipinski definition) is 3. The predicted molar refractivity (Wildman–Crippen MR) is 90.8 cm³/mol. The molecule has 2 rings (SSSR count). The molecule has 0 heterocycles. The third-order valence-corrected chi connectivity index (χ3v) is 3.90. The van der Waals surface area contributed by atoms with Gasteiger partial charge in [-0.25, -0.2) is 0 Å². The van der Waals surface area contributed by atoms with Crippen molar-refractivity contribution in [3.63, 3.8) is 0 Å². The van der Waals surface area contributed by atoms with Gasteiger partial charge in [0.05, 0.1) is 17.1 Å². The molecule has 0 bridgehead atoms. The Labute approximate surface area is 139 Å². The van der Waals surface area contributed by atoms with Crippen LogP contribution in [0.1, 0.15) is 5.56 Å². The molecule has 0 unspecified atom stereocenters. The Balaban J connectivity index is 2.43. The minimum absolute atomic E-state index is 0.274. The number of hydrogen-bond donors (Lipinski definition) is 1. The van der Waals surface area contributed by atoms with E-state index in [1.165, 1.54) is 0 Å². The van der Waals surface area contributed by atoms with Gasteiger partial charge in [-0.2, -0.15) is 0 Å². The number of nitrogens with two attached hydrogens (primary N) is 1. The molecule has 0 aromatic heterocycles. The zero-order valence-electron chi connectivity index (χ0n) is 10.5. The SMILES string of the molecule is COc1ccc(C(N)=S)c(Oc2ccc(Br)cc2Br)c1. The van der Waals surface area contributed by atoms with Crippen LogP contribution in [0.5, 0.6) is 17.2 Å². The Bertz CT molecular complexity index is 662. The van der Waals surface area contributed by atoms with Crippen LogP contribution < -0.4 is 15.2 Å². The maximum absolute atomic E-state index is 5.88. The summed E-state index contributed by atoms with van der Waals surface area (Å²) in [5.41, 5.74) is 6.38. The molecule has 2 aromatic rings. The first-order valence-electron chi connectivity index (χ1n) is 5.62. The van der Waals surface area contributed by atoms with Crippen molar-refractivity contribution in [1.29, 1.82) is 0 Å². The molecular weight excluding hydrogens is 406 g/mol. The lowest BCUT2D eigenvalue weighted by Crippen LogP contribution is -2.10. The molecule has 3 nitrogen and oxygen atoms in total. The molecule has 0 atom stereocenters. The Kier molecular flexibility index (Phi) is 5.01. The first-order chi connectivity index (χ1) is 9.51. The van der Waals surface area contributed by atoms with Crippen molar-refractivity contribution in [3.05, 3.63) is 50.9 Å². The second-order valence-corrected chi connectivity index (χ2v) is 6.11. The highest BCUT2D eigenvalue weighted by Crippen LogP contribution is 2.35. The third kappa shape index (κ3) is 3.50. The number of thiocarbonyl (C=S) groups is 1. The molecule has 104 valence electrons. The summed E-state index contributed by atoms with van der Waals surface area (Å²) in [6.45, 7) is 0. The van der Waals surface area contributed by atoms with Gasteiger partial charge in [-0.05, 0) is 46.3 Å². The van der Waals surface area contributed by atoms with Crippen LogP contribution >= 0.6 is 44.1 Å². The van der Waals surface area contributed by atoms with Crippen molar-refractivity contribution in [2.24, 2.45) is 5.73 Å². The van der Waals surface area contributed by atoms with Gasteiger partial charge in [-0.1, -0.05) is 28.1 Å². The highest BCUT2D eigenvalue weighted by atomic mass is 79.9. The summed E-state index contributed by atoms with van der Waals surface area (Å²) in [6.07, 6.45) is 0. The van der Waals surface area contributed by atoms with E-state index in [0.29, 0.717) is 22.8 Å². The quantitative estimate of drug-likeness (QED) is 0.737. The van der Waals surface area contributed by atoms with E-state index >= 15 is 0 Å². The molecule has 0 radical (unpaired) electrons. The number of ether oxygens (including phenoxy) is 2. The van der Waals surface area contributed by atoms with Crippen molar-refractivity contribution in [1.82, 2.24) is 0 Å². The molecule has 0 amide bonds. The van der Waals surface area contributed by atoms with Gasteiger partial charge < -0.3 is 15.2 Å². The normalized spacial score (nSPS) is 10.2. The number of methoxy groups -OCH3 is 1. The predicted octanol–water partition coefficient (Wildman–Crippen LogP) is 4.65. The maximum atomic E-state index is 5.88. The largest absolute Gasteiger partial charge is 0.497 e. The van der Waals surface area contributed by atoms with E-state index < -0.39 is 0 Å². The van der Waals surface area contributed by atoms with Gasteiger partial charge in [0.15, 0.2) is 0 Å². The summed E-state index contributed by atoms with van der Waals surface area (Å²) < 4.78 is 12.9. The van der Waals surface area contributed by atoms with E-state index in [1.807, 2.05) is 18.2 Å². The second-order valence-electron chi connectivity index (χ2n) is 3.90. The van der Waals surface area contributed by atoms with Gasteiger partial charge in [-0.3, -0.25) is 0 Å². The van der Waals surface area contributed by atoms with Gasteiger partial charge in [-0.15, -0.1) is 0 Å². The molecule has 0 aliphatic heterocycles. The van der Waals surface area contributed by atoms with Crippen LogP contribution in [0.2, 0.25) is 0 Å². The zero-order chi connectivity index (χ0) is 14.7. The number of benzene rings is 2. The molecule has 0 spiro atoms. The standard InChI is InChI=1S/C14H11Br2NO2S/c1-18-9-3-4-10(14(17)20)13(7-9)19-12-5-2-8(15)6-11(12)16/h2-7H,1H3,(H2,17,20). The molecule has 6 heteroatoms. The van der Waals surface area contributed by atoms with Gasteiger partial charge in [0.25, 0.3) is 0 Å². The highest BCUT2D eigenvalue weighted by molar-refractivity contribution is 9.11. The fraction of sp³-hybridized carbons (Fsp3) is 0.0714. The zero-order valence-corrected chi connectivity index (χ0v) is 14.5. The van der Waals surface area contributed by atoms with E-state index in [1.54, 1.807) is 25.3 Å². The van der Waals surface area contributed by atoms with Gasteiger partial charge in [0.2, 0.25) is 0 Å². The van der Waals surface area contributed by atoms with E-state index in [9.17, 15) is 0 Å². The van der Waals surface area contributed by atoms with Crippen molar-refractivity contribution >= 4 is 49.1 Å². The minimum atomic E-state index is 0.274. The summed E-state index contributed by atoms with van der Waals surface area (Å²) >= 11 is 11.9. The monoisotopic (exact) mass is 415 g/mol. The van der Waals surface area contributed by atoms with Crippen LogP contribution in [-0.4, -0.2) is 12.1 Å². The van der Waals surface area contributed by atoms with Crippen molar-refractivity contribution in [2.75, 3.05) is 7.11 Å². The summed E-state index contributed by atoms with van der Waals surface area (Å²) in [4.78, 5) is 0.274. The summed E-state index contributed by atoms with van der Waals surface area (Å²) in [6, 6.07) is 11.0. The number of rotatable bonds is 4. The van der Waals surface area contributed by atoms with Crippen LogP contribution in [0.4, 0.5) is 0 Å². The fourth-order valence-corrected chi connectivity index (χ4v) is 2.89. The first-order valence-corrected chi connectivity index (χ1v) is 7.61. The molecule has 2 N–H and O–H groups in total. The first kappa shape index (κ1) is 15.3. The average Bonchev–Trinajstić information content (AvgIpc) is 2.41. The van der Waals surface area contributed by atoms with Gasteiger partial charge >= 0.3 is 0 Å². The topological polar surface area (TPSA) is 44.5 Å². The van der Waals surface area contributed by atoms with Gasteiger partial charge in [0.1, 0.15) is 22.2 Å². The molecule has 2 aromatic carbocycles. The Morgan fingerprint density at radius 3 is 2.45 bits per heavy atom. The average molecular weight is 417 g/mol. The molecule has 20 heavy (non-hydrogen) atoms. The summed E-state index contributed by atoms with van der Waals surface area (Å²) in [7, 11) is 1.59. The Morgan fingerprint density at radius 1 is 1.10 bits per heavy atom. The van der Waals surface area contributed by atoms with E-state index in [0.717, 1.165) is 8.95 Å². The molecule has 0 aliphatic rings. The Hall–Kier alpha value is -1.11. The lowest BCUT2D eigenvalue weighted by Gasteiger charge is -2.13. The molecular formula is C14H11Br2NO2S. The molecule has 0 aliphatic carbocycles. The smallest absolute Gasteiger partial charge is 0.141 e. The fourth-order valence-electron chi connectivity index (χ4n) is 1.59. The van der Waals surface area contributed by atoms with E-state index in [-0.39, 0.29) is 4.99 Å². The van der Waals surface area contributed by atoms with Crippen LogP contribution in [0.15, 0.2) is 45.3 Å². The summed E-state index contributed by atoms with van der Waals surface area (Å²) in [5, 5.41) is 0. The maximum Gasteiger partial charge on any atom is 0.141 e. The van der Waals surface area contributed by atoms with Crippen molar-refractivity contribution in [2.45, 2.75) is 0 Å². The number of halogens is 2. The lowest BCUT2D eigenvalue weighted by molar-refractivity contribution is 0.408. The summed E-state index contributed by atoms with van der Waals surface area (Å²) in [5.74, 6) is 1.90. The van der Waals surface area contributed by atoms with Crippen molar-refractivity contribution < 1.29 is 9.47 Å². The lowest BCUT2D eigenvalue weighted by atomic mass is 10.2.